The summed E-state index contributed by atoms with van der Waals surface area (Å²) in [6.07, 6.45) is -0.916. The number of aromatic nitrogens is 2. The van der Waals surface area contributed by atoms with Crippen LogP contribution in [-0.2, 0) is 16.0 Å². The zero-order chi connectivity index (χ0) is 26.9. The highest BCUT2D eigenvalue weighted by Crippen LogP contribution is 2.33. The second kappa shape index (κ2) is 10.1. The van der Waals surface area contributed by atoms with Crippen LogP contribution in [0.25, 0.3) is 10.9 Å². The van der Waals surface area contributed by atoms with Crippen molar-refractivity contribution in [3.8, 4) is 0 Å². The Hall–Kier alpha value is -3.99. The molecule has 3 heterocycles. The number of sulfone groups is 1. The van der Waals surface area contributed by atoms with Gasteiger partial charge in [0.25, 0.3) is 5.91 Å². The Morgan fingerprint density at radius 2 is 1.66 bits per heavy atom. The van der Waals surface area contributed by atoms with Gasteiger partial charge in [-0.2, -0.15) is 13.2 Å². The molecule has 1 saturated heterocycles. The maximum absolute atomic E-state index is 13.0. The number of anilines is 2. The van der Waals surface area contributed by atoms with Gasteiger partial charge in [0.15, 0.2) is 14.9 Å². The average molecular weight is 541 g/mol. The van der Waals surface area contributed by atoms with Crippen LogP contribution < -0.4 is 5.32 Å². The molecule has 1 N–H and O–H groups in total. The lowest BCUT2D eigenvalue weighted by molar-refractivity contribution is -0.137. The van der Waals surface area contributed by atoms with E-state index in [-0.39, 0.29) is 16.4 Å². The number of hydrogen-bond acceptors (Lipinski definition) is 6. The molecule has 38 heavy (non-hydrogen) atoms. The molecular weight excluding hydrogens is 517 g/mol. The van der Waals surface area contributed by atoms with Crippen molar-refractivity contribution in [1.82, 2.24) is 14.9 Å². The van der Waals surface area contributed by atoms with Crippen molar-refractivity contribution in [2.75, 3.05) is 18.4 Å². The van der Waals surface area contributed by atoms with Crippen LogP contribution in [0.4, 0.5) is 24.5 Å². The first-order valence-electron chi connectivity index (χ1n) is 11.9. The van der Waals surface area contributed by atoms with Crippen LogP contribution in [0.5, 0.6) is 0 Å². The van der Waals surface area contributed by atoms with E-state index in [2.05, 4.69) is 15.3 Å². The number of nitrogens with one attached hydrogen (secondary N) is 1. The third-order valence-corrected chi connectivity index (χ3v) is 8.75. The van der Waals surface area contributed by atoms with E-state index in [9.17, 15) is 26.4 Å². The highest BCUT2D eigenvalue weighted by Gasteiger charge is 2.34. The van der Waals surface area contributed by atoms with Gasteiger partial charge in [-0.05, 0) is 67.4 Å². The normalized spacial score (nSPS) is 15.0. The first-order chi connectivity index (χ1) is 18.1. The van der Waals surface area contributed by atoms with Crippen molar-refractivity contribution in [3.63, 3.8) is 0 Å². The van der Waals surface area contributed by atoms with Crippen LogP contribution in [0, 0.1) is 0 Å². The lowest BCUT2D eigenvalue weighted by Gasteiger charge is -2.31. The second-order valence-electron chi connectivity index (χ2n) is 9.00. The summed E-state index contributed by atoms with van der Waals surface area (Å²) in [5, 5.41) is 3.17. The van der Waals surface area contributed by atoms with Crippen LogP contribution in [0.2, 0.25) is 0 Å². The van der Waals surface area contributed by atoms with Crippen LogP contribution in [0.1, 0.15) is 28.8 Å². The van der Waals surface area contributed by atoms with Gasteiger partial charge >= 0.3 is 6.18 Å². The Morgan fingerprint density at radius 1 is 0.921 bits per heavy atom. The number of amides is 1. The predicted molar refractivity (Wildman–Crippen MR) is 137 cm³/mol. The van der Waals surface area contributed by atoms with Gasteiger partial charge in [-0.25, -0.2) is 13.4 Å². The zero-order valence-electron chi connectivity index (χ0n) is 20.0. The van der Waals surface area contributed by atoms with E-state index in [1.54, 1.807) is 47.4 Å². The van der Waals surface area contributed by atoms with E-state index >= 15 is 0 Å². The van der Waals surface area contributed by atoms with Crippen molar-refractivity contribution in [1.29, 1.82) is 0 Å². The summed E-state index contributed by atoms with van der Waals surface area (Å²) in [7, 11) is -3.55. The van der Waals surface area contributed by atoms with Crippen molar-refractivity contribution in [3.05, 3.63) is 90.3 Å². The molecular formula is C27H23F3N4O3S. The van der Waals surface area contributed by atoms with Gasteiger partial charge in [-0.3, -0.25) is 9.78 Å². The number of carbonyl (C=O) groups excluding carboxylic acids is 1. The summed E-state index contributed by atoms with van der Waals surface area (Å²) in [4.78, 5) is 22.7. The molecule has 11 heteroatoms. The van der Waals surface area contributed by atoms with E-state index < -0.39 is 26.8 Å². The molecule has 0 saturated carbocycles. The topological polar surface area (TPSA) is 92.3 Å². The van der Waals surface area contributed by atoms with E-state index in [1.165, 1.54) is 24.5 Å². The molecule has 1 aliphatic heterocycles. The van der Waals surface area contributed by atoms with Gasteiger partial charge in [0.1, 0.15) is 0 Å². The number of hydrogen-bond donors (Lipinski definition) is 1. The van der Waals surface area contributed by atoms with E-state index in [0.717, 1.165) is 12.1 Å². The van der Waals surface area contributed by atoms with Crippen molar-refractivity contribution in [2.24, 2.45) is 0 Å². The Kier molecular flexibility index (Phi) is 6.78. The number of likely N-dealkylation sites (tertiary alicyclic amines) is 1. The quantitative estimate of drug-likeness (QED) is 0.361. The van der Waals surface area contributed by atoms with Crippen LogP contribution in [-0.4, -0.2) is 47.5 Å². The van der Waals surface area contributed by atoms with Crippen molar-refractivity contribution < 1.29 is 26.4 Å². The first-order valence-corrected chi connectivity index (χ1v) is 13.4. The molecule has 0 aliphatic carbocycles. The fraction of sp³-hybridized carbons (Fsp3) is 0.222. The molecule has 196 valence electrons. The minimum atomic E-state index is -4.45. The largest absolute Gasteiger partial charge is 0.416 e. The lowest BCUT2D eigenvalue weighted by Crippen LogP contribution is -2.42. The summed E-state index contributed by atoms with van der Waals surface area (Å²) in [6, 6.07) is 16.6. The molecule has 5 rings (SSSR count). The van der Waals surface area contributed by atoms with Crippen LogP contribution in [0.3, 0.4) is 0 Å². The van der Waals surface area contributed by atoms with E-state index in [0.29, 0.717) is 48.3 Å². The monoisotopic (exact) mass is 540 g/mol. The standard InChI is InChI=1S/C27H23F3N4O3S/c28-27(29,30)19-6-9-22-23(10-14-31-24(22)17-19)33-20-7-4-18(5-8-20)26(35)34-15-11-21(12-16-34)38(36,37)25-3-1-2-13-32-25/h1-10,13-14,17,21H,11-12,15-16H2,(H,31,33). The third-order valence-electron chi connectivity index (χ3n) is 6.58. The van der Waals surface area contributed by atoms with Gasteiger partial charge in [-0.15, -0.1) is 0 Å². The van der Waals surface area contributed by atoms with Crippen LogP contribution in [0.15, 0.2) is 84.1 Å². The number of nitrogens with zero attached hydrogens (tertiary/aromatic N) is 3. The average Bonchev–Trinajstić information content (AvgIpc) is 2.93. The molecule has 4 aromatic rings. The maximum atomic E-state index is 13.0. The number of alkyl halides is 3. The number of fused-ring (bicyclic) bond motifs is 1. The Balaban J connectivity index is 1.25. The number of rotatable bonds is 5. The summed E-state index contributed by atoms with van der Waals surface area (Å²) in [5.41, 5.74) is 1.13. The number of halogens is 3. The highest BCUT2D eigenvalue weighted by atomic mass is 32.2. The van der Waals surface area contributed by atoms with E-state index in [1.807, 2.05) is 0 Å². The first kappa shape index (κ1) is 25.7. The Morgan fingerprint density at radius 3 is 2.32 bits per heavy atom. The summed E-state index contributed by atoms with van der Waals surface area (Å²) < 4.78 is 64.8. The van der Waals surface area contributed by atoms with Gasteiger partial charge in [-0.1, -0.05) is 12.1 Å². The molecule has 1 amide bonds. The smallest absolute Gasteiger partial charge is 0.355 e. The fourth-order valence-corrected chi connectivity index (χ4v) is 6.17. The molecule has 1 fully saturated rings. The lowest BCUT2D eigenvalue weighted by atomic mass is 10.1. The number of piperidine rings is 1. The fourth-order valence-electron chi connectivity index (χ4n) is 4.52. The van der Waals surface area contributed by atoms with Crippen molar-refractivity contribution >= 4 is 38.0 Å². The Labute approximate surface area is 217 Å². The molecule has 0 radical (unpaired) electrons. The zero-order valence-corrected chi connectivity index (χ0v) is 20.8. The van der Waals surface area contributed by atoms with Gasteiger partial charge in [0.05, 0.1) is 16.3 Å². The molecule has 7 nitrogen and oxygen atoms in total. The SMILES string of the molecule is O=C(c1ccc(Nc2ccnc3cc(C(F)(F)F)ccc23)cc1)N1CCC(S(=O)(=O)c2ccccn2)CC1. The molecule has 0 spiro atoms. The molecule has 2 aromatic heterocycles. The van der Waals surface area contributed by atoms with Gasteiger partial charge in [0.2, 0.25) is 0 Å². The Bertz CT molecular complexity index is 1570. The minimum absolute atomic E-state index is 0.0515. The van der Waals surface area contributed by atoms with Gasteiger partial charge in [0, 0.05) is 47.8 Å². The molecule has 0 unspecified atom stereocenters. The summed E-state index contributed by atoms with van der Waals surface area (Å²) in [6.45, 7) is 0.636. The third kappa shape index (κ3) is 5.19. The molecule has 0 bridgehead atoms. The second-order valence-corrected chi connectivity index (χ2v) is 11.2. The van der Waals surface area contributed by atoms with Gasteiger partial charge < -0.3 is 10.2 Å². The maximum Gasteiger partial charge on any atom is 0.416 e. The number of pyridine rings is 2. The number of benzene rings is 2. The summed E-state index contributed by atoms with van der Waals surface area (Å²) >= 11 is 0. The highest BCUT2D eigenvalue weighted by molar-refractivity contribution is 7.92. The van der Waals surface area contributed by atoms with Crippen LogP contribution >= 0.6 is 0 Å². The van der Waals surface area contributed by atoms with E-state index in [4.69, 9.17) is 0 Å². The molecule has 0 atom stereocenters. The molecule has 1 aliphatic rings. The minimum Gasteiger partial charge on any atom is -0.355 e. The van der Waals surface area contributed by atoms with Crippen molar-refractivity contribution in [2.45, 2.75) is 29.3 Å². The predicted octanol–water partition coefficient (Wildman–Crippen LogP) is 5.47. The molecule has 2 aromatic carbocycles. The summed E-state index contributed by atoms with van der Waals surface area (Å²) in [5.74, 6) is -0.195. The number of carbonyl (C=O) groups is 1.